The zero-order valence-electron chi connectivity index (χ0n) is 12.8. The van der Waals surface area contributed by atoms with Crippen molar-refractivity contribution in [2.45, 2.75) is 38.1 Å². The van der Waals surface area contributed by atoms with Crippen LogP contribution in [0.4, 0.5) is 8.78 Å². The molecule has 2 fully saturated rings. The molecule has 0 bridgehead atoms. The normalized spacial score (nSPS) is 29.3. The molecule has 22 heavy (non-hydrogen) atoms. The first-order valence-electron chi connectivity index (χ1n) is 7.96. The number of nitrogens with two attached hydrogens (primary N) is 1. The van der Waals surface area contributed by atoms with Gasteiger partial charge in [-0.15, -0.1) is 0 Å². The number of hydrogen-bond acceptors (Lipinski definition) is 2. The van der Waals surface area contributed by atoms with Crippen molar-refractivity contribution in [3.63, 3.8) is 0 Å². The maximum absolute atomic E-state index is 13.8. The number of likely N-dealkylation sites (tertiary alicyclic amines) is 1. The highest BCUT2D eigenvalue weighted by Gasteiger charge is 2.47. The molecule has 1 aromatic rings. The molecule has 3 rings (SSSR count). The molecule has 2 N–H and O–H groups in total. The van der Waals surface area contributed by atoms with Gasteiger partial charge in [0, 0.05) is 25.0 Å². The second kappa shape index (κ2) is 5.95. The summed E-state index contributed by atoms with van der Waals surface area (Å²) in [6.45, 7) is 3.41. The van der Waals surface area contributed by atoms with Crippen molar-refractivity contribution in [2.75, 3.05) is 13.1 Å². The third-order valence-corrected chi connectivity index (χ3v) is 4.98. The summed E-state index contributed by atoms with van der Waals surface area (Å²) in [5.74, 6) is -0.861. The summed E-state index contributed by atoms with van der Waals surface area (Å²) in [5, 5.41) is 0. The maximum Gasteiger partial charge on any atom is 0.226 e. The number of rotatable bonds is 3. The standard InChI is InChI=1S/C17H22F2N2O/c1-10(20)11-3-2-6-21(9-11)17(22)15-8-13(15)14-7-12(18)4-5-16(14)19/h4-5,7,10-11,13,15H,2-3,6,8-9,20H2,1H3. The summed E-state index contributed by atoms with van der Waals surface area (Å²) in [7, 11) is 0. The molecule has 1 heterocycles. The van der Waals surface area contributed by atoms with Crippen molar-refractivity contribution >= 4 is 5.91 Å². The second-order valence-corrected chi connectivity index (χ2v) is 6.66. The largest absolute Gasteiger partial charge is 0.342 e. The summed E-state index contributed by atoms with van der Waals surface area (Å²) in [6.07, 6.45) is 2.62. The molecule has 1 aromatic carbocycles. The lowest BCUT2D eigenvalue weighted by Crippen LogP contribution is -2.45. The van der Waals surface area contributed by atoms with Crippen LogP contribution in [0.2, 0.25) is 0 Å². The molecule has 2 aliphatic rings. The Labute approximate surface area is 129 Å². The molecule has 1 aliphatic heterocycles. The quantitative estimate of drug-likeness (QED) is 0.933. The molecule has 120 valence electrons. The number of benzene rings is 1. The van der Waals surface area contributed by atoms with Crippen LogP contribution in [0, 0.1) is 23.5 Å². The monoisotopic (exact) mass is 308 g/mol. The topological polar surface area (TPSA) is 46.3 Å². The van der Waals surface area contributed by atoms with Gasteiger partial charge < -0.3 is 10.6 Å². The smallest absolute Gasteiger partial charge is 0.226 e. The molecule has 1 aliphatic carbocycles. The number of carbonyl (C=O) groups is 1. The van der Waals surface area contributed by atoms with E-state index in [1.54, 1.807) is 0 Å². The van der Waals surface area contributed by atoms with Crippen LogP contribution >= 0.6 is 0 Å². The van der Waals surface area contributed by atoms with E-state index in [0.29, 0.717) is 24.4 Å². The molecular formula is C17H22F2N2O. The molecule has 0 radical (unpaired) electrons. The number of hydrogen-bond donors (Lipinski definition) is 1. The number of piperidine rings is 1. The molecule has 3 nitrogen and oxygen atoms in total. The van der Waals surface area contributed by atoms with E-state index in [-0.39, 0.29) is 23.8 Å². The van der Waals surface area contributed by atoms with E-state index in [2.05, 4.69) is 0 Å². The van der Waals surface area contributed by atoms with Gasteiger partial charge in [0.05, 0.1) is 0 Å². The average molecular weight is 308 g/mol. The van der Waals surface area contributed by atoms with E-state index >= 15 is 0 Å². The zero-order chi connectivity index (χ0) is 15.9. The highest BCUT2D eigenvalue weighted by molar-refractivity contribution is 5.83. The Bertz CT molecular complexity index is 576. The zero-order valence-corrected chi connectivity index (χ0v) is 12.8. The van der Waals surface area contributed by atoms with Crippen molar-refractivity contribution in [3.8, 4) is 0 Å². The van der Waals surface area contributed by atoms with Gasteiger partial charge in [0.1, 0.15) is 11.6 Å². The molecule has 0 aromatic heterocycles. The van der Waals surface area contributed by atoms with Gasteiger partial charge in [0.2, 0.25) is 5.91 Å². The van der Waals surface area contributed by atoms with Crippen LogP contribution in [-0.2, 0) is 4.79 Å². The third-order valence-electron chi connectivity index (χ3n) is 4.98. The summed E-state index contributed by atoms with van der Waals surface area (Å²) in [4.78, 5) is 14.4. The average Bonchev–Trinajstić information content (AvgIpc) is 3.29. The first-order valence-corrected chi connectivity index (χ1v) is 7.96. The van der Waals surface area contributed by atoms with E-state index in [9.17, 15) is 13.6 Å². The van der Waals surface area contributed by atoms with Gasteiger partial charge >= 0.3 is 0 Å². The van der Waals surface area contributed by atoms with Crippen molar-refractivity contribution in [1.82, 2.24) is 4.90 Å². The minimum absolute atomic E-state index is 0.0685. The highest BCUT2D eigenvalue weighted by Crippen LogP contribution is 2.49. The fourth-order valence-corrected chi connectivity index (χ4v) is 3.48. The highest BCUT2D eigenvalue weighted by atomic mass is 19.1. The lowest BCUT2D eigenvalue weighted by Gasteiger charge is -2.34. The van der Waals surface area contributed by atoms with Crippen molar-refractivity contribution in [3.05, 3.63) is 35.4 Å². The molecule has 1 amide bonds. The minimum Gasteiger partial charge on any atom is -0.342 e. The van der Waals surface area contributed by atoms with Gasteiger partial charge in [-0.2, -0.15) is 0 Å². The number of carbonyl (C=O) groups excluding carboxylic acids is 1. The Hall–Kier alpha value is -1.49. The predicted octanol–water partition coefficient (Wildman–Crippen LogP) is 2.65. The lowest BCUT2D eigenvalue weighted by molar-refractivity contribution is -0.134. The van der Waals surface area contributed by atoms with Crippen LogP contribution < -0.4 is 5.73 Å². The Morgan fingerprint density at radius 1 is 1.41 bits per heavy atom. The van der Waals surface area contributed by atoms with E-state index in [1.807, 2.05) is 11.8 Å². The van der Waals surface area contributed by atoms with E-state index in [1.165, 1.54) is 6.07 Å². The number of amides is 1. The van der Waals surface area contributed by atoms with Crippen LogP contribution in [-0.4, -0.2) is 29.9 Å². The maximum atomic E-state index is 13.8. The van der Waals surface area contributed by atoms with Gasteiger partial charge in [0.15, 0.2) is 0 Å². The van der Waals surface area contributed by atoms with Crippen LogP contribution in [0.1, 0.15) is 37.7 Å². The first kappa shape index (κ1) is 15.4. The van der Waals surface area contributed by atoms with Crippen LogP contribution in [0.15, 0.2) is 18.2 Å². The summed E-state index contributed by atoms with van der Waals surface area (Å²) >= 11 is 0. The molecule has 5 heteroatoms. The van der Waals surface area contributed by atoms with Gasteiger partial charge in [-0.1, -0.05) is 0 Å². The van der Waals surface area contributed by atoms with Crippen LogP contribution in [0.25, 0.3) is 0 Å². The van der Waals surface area contributed by atoms with E-state index in [0.717, 1.165) is 31.5 Å². The fraction of sp³-hybridized carbons (Fsp3) is 0.588. The van der Waals surface area contributed by atoms with Crippen molar-refractivity contribution < 1.29 is 13.6 Å². The molecule has 0 spiro atoms. The molecule has 1 saturated heterocycles. The van der Waals surface area contributed by atoms with Crippen LogP contribution in [0.3, 0.4) is 0 Å². The van der Waals surface area contributed by atoms with Gasteiger partial charge in [-0.05, 0) is 61.8 Å². The van der Waals surface area contributed by atoms with Gasteiger partial charge in [-0.3, -0.25) is 4.79 Å². The SMILES string of the molecule is CC(N)C1CCCN(C(=O)C2CC2c2cc(F)ccc2F)C1. The van der Waals surface area contributed by atoms with Crippen molar-refractivity contribution in [2.24, 2.45) is 17.6 Å². The van der Waals surface area contributed by atoms with Gasteiger partial charge in [-0.25, -0.2) is 8.78 Å². The molecular weight excluding hydrogens is 286 g/mol. The Morgan fingerprint density at radius 3 is 2.91 bits per heavy atom. The summed E-state index contributed by atoms with van der Waals surface area (Å²) < 4.78 is 27.1. The number of halogens is 2. The Balaban J connectivity index is 1.66. The Morgan fingerprint density at radius 2 is 2.18 bits per heavy atom. The predicted molar refractivity (Wildman–Crippen MR) is 80.2 cm³/mol. The van der Waals surface area contributed by atoms with Crippen molar-refractivity contribution in [1.29, 1.82) is 0 Å². The van der Waals surface area contributed by atoms with E-state index in [4.69, 9.17) is 5.73 Å². The summed E-state index contributed by atoms with van der Waals surface area (Å²) in [6, 6.07) is 3.54. The molecule has 4 unspecified atom stereocenters. The van der Waals surface area contributed by atoms with Crippen LogP contribution in [0.5, 0.6) is 0 Å². The van der Waals surface area contributed by atoms with Gasteiger partial charge in [0.25, 0.3) is 0 Å². The molecule has 1 saturated carbocycles. The van der Waals surface area contributed by atoms with E-state index < -0.39 is 11.6 Å². The number of nitrogens with zero attached hydrogens (tertiary/aromatic N) is 1. The minimum atomic E-state index is -0.454. The third kappa shape index (κ3) is 3.00. The Kier molecular flexibility index (Phi) is 4.17. The summed E-state index contributed by atoms with van der Waals surface area (Å²) in [5.41, 5.74) is 6.28. The first-order chi connectivity index (χ1) is 10.5. The lowest BCUT2D eigenvalue weighted by atomic mass is 9.92. The fourth-order valence-electron chi connectivity index (χ4n) is 3.48. The second-order valence-electron chi connectivity index (χ2n) is 6.66. The molecule has 4 atom stereocenters.